The van der Waals surface area contributed by atoms with Gasteiger partial charge in [0.05, 0.1) is 4.90 Å². The summed E-state index contributed by atoms with van der Waals surface area (Å²) in [6, 6.07) is 20.1. The Balaban J connectivity index is 1.71. The van der Waals surface area contributed by atoms with Gasteiger partial charge < -0.3 is 10.6 Å². The van der Waals surface area contributed by atoms with Crippen LogP contribution in [-0.2, 0) is 14.6 Å². The molecule has 0 bridgehead atoms. The molecule has 6 nitrogen and oxygen atoms in total. The predicted molar refractivity (Wildman–Crippen MR) is 117 cm³/mol. The molecule has 154 valence electrons. The number of sulfone groups is 1. The minimum absolute atomic E-state index is 0.1000. The molecule has 0 fully saturated rings. The molecule has 0 saturated heterocycles. The lowest BCUT2D eigenvalue weighted by Crippen LogP contribution is -2.23. The number of hydrogen-bond donors (Lipinski definition) is 2. The van der Waals surface area contributed by atoms with E-state index in [4.69, 9.17) is 0 Å². The van der Waals surface area contributed by atoms with E-state index in [1.807, 2.05) is 19.9 Å². The van der Waals surface area contributed by atoms with Crippen LogP contribution in [0.3, 0.4) is 0 Å². The fraction of sp³-hybridized carbons (Fsp3) is 0.130. The van der Waals surface area contributed by atoms with Crippen molar-refractivity contribution >= 4 is 33.0 Å². The molecule has 0 saturated carbocycles. The van der Waals surface area contributed by atoms with E-state index >= 15 is 0 Å². The van der Waals surface area contributed by atoms with Gasteiger partial charge in [-0.15, -0.1) is 0 Å². The SMILES string of the molecule is Cc1ccc(S(=O)(=O)CC(=O)Nc2ccc(C)c(NC(=O)c3ccccc3)c2)cc1. The largest absolute Gasteiger partial charge is 0.325 e. The van der Waals surface area contributed by atoms with Crippen LogP contribution in [0.1, 0.15) is 21.5 Å². The van der Waals surface area contributed by atoms with Crippen molar-refractivity contribution in [1.82, 2.24) is 0 Å². The Labute approximate surface area is 175 Å². The normalized spacial score (nSPS) is 11.0. The summed E-state index contributed by atoms with van der Waals surface area (Å²) in [6.45, 7) is 3.68. The number of hydrogen-bond acceptors (Lipinski definition) is 4. The summed E-state index contributed by atoms with van der Waals surface area (Å²) in [5, 5.41) is 5.40. The van der Waals surface area contributed by atoms with Crippen molar-refractivity contribution in [3.05, 3.63) is 89.5 Å². The maximum atomic E-state index is 12.4. The van der Waals surface area contributed by atoms with Gasteiger partial charge in [0, 0.05) is 16.9 Å². The fourth-order valence-electron chi connectivity index (χ4n) is 2.82. The van der Waals surface area contributed by atoms with Gasteiger partial charge in [-0.1, -0.05) is 42.0 Å². The maximum absolute atomic E-state index is 12.4. The molecule has 0 atom stereocenters. The zero-order valence-corrected chi connectivity index (χ0v) is 17.5. The highest BCUT2D eigenvalue weighted by Crippen LogP contribution is 2.21. The van der Waals surface area contributed by atoms with E-state index in [0.717, 1.165) is 11.1 Å². The number of amides is 2. The molecule has 0 unspecified atom stereocenters. The van der Waals surface area contributed by atoms with Crippen molar-refractivity contribution in [3.8, 4) is 0 Å². The Bertz CT molecular complexity index is 1170. The number of benzene rings is 3. The van der Waals surface area contributed by atoms with Crippen LogP contribution >= 0.6 is 0 Å². The lowest BCUT2D eigenvalue weighted by molar-refractivity contribution is -0.113. The molecule has 2 N–H and O–H groups in total. The number of carbonyl (C=O) groups is 2. The first kappa shape index (κ1) is 21.3. The van der Waals surface area contributed by atoms with E-state index in [-0.39, 0.29) is 10.8 Å². The molecule has 30 heavy (non-hydrogen) atoms. The van der Waals surface area contributed by atoms with Crippen molar-refractivity contribution in [2.24, 2.45) is 0 Å². The molecule has 2 amide bonds. The van der Waals surface area contributed by atoms with Gasteiger partial charge in [-0.3, -0.25) is 9.59 Å². The molecule has 0 aliphatic carbocycles. The van der Waals surface area contributed by atoms with Crippen LogP contribution in [0.2, 0.25) is 0 Å². The summed E-state index contributed by atoms with van der Waals surface area (Å²) in [7, 11) is -3.75. The number of aryl methyl sites for hydroxylation is 2. The first-order valence-electron chi connectivity index (χ1n) is 9.31. The number of anilines is 2. The Hall–Kier alpha value is -3.45. The fourth-order valence-corrected chi connectivity index (χ4v) is 3.95. The molecule has 0 spiro atoms. The predicted octanol–water partition coefficient (Wildman–Crippen LogP) is 3.97. The van der Waals surface area contributed by atoms with E-state index in [1.165, 1.54) is 12.1 Å². The van der Waals surface area contributed by atoms with Crippen molar-refractivity contribution in [2.45, 2.75) is 18.7 Å². The lowest BCUT2D eigenvalue weighted by Gasteiger charge is -2.12. The third kappa shape index (κ3) is 5.33. The van der Waals surface area contributed by atoms with Crippen LogP contribution in [0.15, 0.2) is 77.7 Å². The van der Waals surface area contributed by atoms with Crippen LogP contribution in [0.25, 0.3) is 0 Å². The van der Waals surface area contributed by atoms with Gasteiger partial charge in [0.15, 0.2) is 9.84 Å². The quantitative estimate of drug-likeness (QED) is 0.629. The van der Waals surface area contributed by atoms with Crippen LogP contribution < -0.4 is 10.6 Å². The zero-order chi connectivity index (χ0) is 21.7. The van der Waals surface area contributed by atoms with Crippen molar-refractivity contribution < 1.29 is 18.0 Å². The number of nitrogens with one attached hydrogen (secondary N) is 2. The Morgan fingerprint density at radius 3 is 2.17 bits per heavy atom. The minimum Gasteiger partial charge on any atom is -0.325 e. The highest BCUT2D eigenvalue weighted by atomic mass is 32.2. The summed E-state index contributed by atoms with van der Waals surface area (Å²) in [6.07, 6.45) is 0. The summed E-state index contributed by atoms with van der Waals surface area (Å²) in [4.78, 5) is 24.8. The van der Waals surface area contributed by atoms with Crippen LogP contribution in [-0.4, -0.2) is 26.0 Å². The molecule has 3 rings (SSSR count). The molecule has 0 aliphatic rings. The monoisotopic (exact) mass is 422 g/mol. The Morgan fingerprint density at radius 2 is 1.50 bits per heavy atom. The van der Waals surface area contributed by atoms with Gasteiger partial charge in [-0.2, -0.15) is 0 Å². The van der Waals surface area contributed by atoms with Crippen molar-refractivity contribution in [1.29, 1.82) is 0 Å². The molecular formula is C23H22N2O4S. The third-order valence-corrected chi connectivity index (χ3v) is 6.14. The van der Waals surface area contributed by atoms with E-state index in [2.05, 4.69) is 10.6 Å². The van der Waals surface area contributed by atoms with E-state index < -0.39 is 21.5 Å². The standard InChI is InChI=1S/C23H22N2O4S/c1-16-8-12-20(13-9-16)30(28,29)15-22(26)24-19-11-10-17(2)21(14-19)25-23(27)18-6-4-3-5-7-18/h3-14H,15H2,1-2H3,(H,24,26)(H,25,27). The first-order valence-corrected chi connectivity index (χ1v) is 11.0. The highest BCUT2D eigenvalue weighted by molar-refractivity contribution is 7.92. The molecule has 0 aromatic heterocycles. The smallest absolute Gasteiger partial charge is 0.255 e. The van der Waals surface area contributed by atoms with Gasteiger partial charge >= 0.3 is 0 Å². The van der Waals surface area contributed by atoms with Gasteiger partial charge in [0.2, 0.25) is 5.91 Å². The van der Waals surface area contributed by atoms with Crippen molar-refractivity contribution in [3.63, 3.8) is 0 Å². The summed E-state index contributed by atoms with van der Waals surface area (Å²) < 4.78 is 24.9. The average Bonchev–Trinajstić information content (AvgIpc) is 2.71. The highest BCUT2D eigenvalue weighted by Gasteiger charge is 2.19. The summed E-state index contributed by atoms with van der Waals surface area (Å²) in [5.41, 5.74) is 3.18. The minimum atomic E-state index is -3.75. The topological polar surface area (TPSA) is 92.3 Å². The van der Waals surface area contributed by atoms with Gasteiger partial charge in [0.25, 0.3) is 5.91 Å². The molecule has 7 heteroatoms. The number of rotatable bonds is 6. The second-order valence-electron chi connectivity index (χ2n) is 6.97. The summed E-state index contributed by atoms with van der Waals surface area (Å²) in [5.74, 6) is -1.60. The Morgan fingerprint density at radius 1 is 0.833 bits per heavy atom. The molecular weight excluding hydrogens is 400 g/mol. The van der Waals surface area contributed by atoms with Crippen LogP contribution in [0.5, 0.6) is 0 Å². The van der Waals surface area contributed by atoms with Gasteiger partial charge in [-0.05, 0) is 55.8 Å². The van der Waals surface area contributed by atoms with E-state index in [1.54, 1.807) is 54.6 Å². The van der Waals surface area contributed by atoms with Gasteiger partial charge in [0.1, 0.15) is 5.75 Å². The molecule has 0 heterocycles. The average molecular weight is 423 g/mol. The summed E-state index contributed by atoms with van der Waals surface area (Å²) >= 11 is 0. The lowest BCUT2D eigenvalue weighted by atomic mass is 10.1. The second kappa shape index (κ2) is 8.92. The molecule has 3 aromatic rings. The van der Waals surface area contributed by atoms with E-state index in [0.29, 0.717) is 16.9 Å². The second-order valence-corrected chi connectivity index (χ2v) is 8.96. The maximum Gasteiger partial charge on any atom is 0.255 e. The van der Waals surface area contributed by atoms with Crippen molar-refractivity contribution in [2.75, 3.05) is 16.4 Å². The van der Waals surface area contributed by atoms with Crippen LogP contribution in [0, 0.1) is 13.8 Å². The molecule has 0 aliphatic heterocycles. The number of carbonyl (C=O) groups excluding carboxylic acids is 2. The third-order valence-electron chi connectivity index (χ3n) is 4.51. The molecule has 3 aromatic carbocycles. The Kier molecular flexibility index (Phi) is 6.32. The van der Waals surface area contributed by atoms with E-state index in [9.17, 15) is 18.0 Å². The first-order chi connectivity index (χ1) is 14.2. The zero-order valence-electron chi connectivity index (χ0n) is 16.7. The molecule has 0 radical (unpaired) electrons. The van der Waals surface area contributed by atoms with Crippen LogP contribution in [0.4, 0.5) is 11.4 Å². The van der Waals surface area contributed by atoms with Gasteiger partial charge in [-0.25, -0.2) is 8.42 Å².